The Kier molecular flexibility index (Phi) is 4.15. The van der Waals surface area contributed by atoms with Crippen molar-refractivity contribution in [2.45, 2.75) is 0 Å². The number of aryl methyl sites for hydroxylation is 1. The zero-order valence-electron chi connectivity index (χ0n) is 14.5. The average molecular weight is 365 g/mol. The molecule has 0 fully saturated rings. The number of hydrogen-bond acceptors (Lipinski definition) is 4. The molecule has 1 amide bonds. The molecule has 0 saturated heterocycles. The highest BCUT2D eigenvalue weighted by Crippen LogP contribution is 2.31. The van der Waals surface area contributed by atoms with Gasteiger partial charge in [-0.2, -0.15) is 5.10 Å². The van der Waals surface area contributed by atoms with Crippen LogP contribution in [0.1, 0.15) is 5.69 Å². The van der Waals surface area contributed by atoms with Crippen molar-refractivity contribution in [1.82, 2.24) is 24.9 Å². The molecule has 1 aliphatic heterocycles. The van der Waals surface area contributed by atoms with Crippen LogP contribution in [0.5, 0.6) is 0 Å². The van der Waals surface area contributed by atoms with E-state index in [2.05, 4.69) is 15.3 Å². The molecule has 1 aliphatic rings. The minimum atomic E-state index is -0.975. The predicted molar refractivity (Wildman–Crippen MR) is 97.2 cm³/mol. The lowest BCUT2D eigenvalue weighted by Crippen LogP contribution is -2.26. The van der Waals surface area contributed by atoms with Crippen molar-refractivity contribution >= 4 is 11.7 Å². The molecule has 4 rings (SSSR count). The maximum Gasteiger partial charge on any atom is 0.407 e. The normalized spacial score (nSPS) is 13.7. The van der Waals surface area contributed by atoms with Gasteiger partial charge < -0.3 is 10.0 Å². The van der Waals surface area contributed by atoms with Crippen LogP contribution >= 0.6 is 0 Å². The molecule has 0 unspecified atom stereocenters. The fourth-order valence-corrected chi connectivity index (χ4v) is 3.02. The van der Waals surface area contributed by atoms with E-state index in [1.165, 1.54) is 17.0 Å². The summed E-state index contributed by atoms with van der Waals surface area (Å²) >= 11 is 0. The van der Waals surface area contributed by atoms with Crippen molar-refractivity contribution in [1.29, 1.82) is 0 Å². The minimum Gasteiger partial charge on any atom is -0.465 e. The van der Waals surface area contributed by atoms with E-state index in [0.717, 1.165) is 16.7 Å². The number of carboxylic acid groups (broad SMARTS) is 1. The Morgan fingerprint density at radius 1 is 1.15 bits per heavy atom. The SMILES string of the molecule is Cn1ccc(-c2cc(-c3ccc(F)cc3)nnc2C2=CCN(C(=O)O)C2)n1. The fourth-order valence-electron chi connectivity index (χ4n) is 3.02. The van der Waals surface area contributed by atoms with Gasteiger partial charge in [-0.3, -0.25) is 4.68 Å². The maximum atomic E-state index is 13.2. The second-order valence-electron chi connectivity index (χ2n) is 6.27. The molecular formula is C19H16FN5O2. The molecule has 27 heavy (non-hydrogen) atoms. The molecule has 1 aromatic carbocycles. The van der Waals surface area contributed by atoms with Gasteiger partial charge in [0.2, 0.25) is 0 Å². The summed E-state index contributed by atoms with van der Waals surface area (Å²) in [6, 6.07) is 9.73. The van der Waals surface area contributed by atoms with E-state index in [-0.39, 0.29) is 12.4 Å². The third-order valence-electron chi connectivity index (χ3n) is 4.42. The number of nitrogens with zero attached hydrogens (tertiary/aromatic N) is 5. The first-order valence-corrected chi connectivity index (χ1v) is 8.32. The van der Waals surface area contributed by atoms with Crippen LogP contribution in [0.4, 0.5) is 9.18 Å². The van der Waals surface area contributed by atoms with Crippen molar-refractivity contribution < 1.29 is 14.3 Å². The highest BCUT2D eigenvalue weighted by molar-refractivity contribution is 5.83. The first-order valence-electron chi connectivity index (χ1n) is 8.32. The molecule has 2 aromatic heterocycles. The number of carbonyl (C=O) groups is 1. The first-order chi connectivity index (χ1) is 13.0. The van der Waals surface area contributed by atoms with Crippen LogP contribution in [0.15, 0.2) is 48.7 Å². The maximum absolute atomic E-state index is 13.2. The Hall–Kier alpha value is -3.55. The average Bonchev–Trinajstić information content (AvgIpc) is 3.31. The van der Waals surface area contributed by atoms with Crippen LogP contribution in [-0.4, -0.2) is 49.2 Å². The summed E-state index contributed by atoms with van der Waals surface area (Å²) < 4.78 is 14.9. The summed E-state index contributed by atoms with van der Waals surface area (Å²) in [5.41, 5.74) is 4.18. The molecule has 0 radical (unpaired) electrons. The van der Waals surface area contributed by atoms with E-state index in [0.29, 0.717) is 23.6 Å². The number of amides is 1. The van der Waals surface area contributed by atoms with Crippen LogP contribution in [0.2, 0.25) is 0 Å². The van der Waals surface area contributed by atoms with E-state index < -0.39 is 6.09 Å². The molecular weight excluding hydrogens is 349 g/mol. The van der Waals surface area contributed by atoms with E-state index in [4.69, 9.17) is 0 Å². The molecule has 136 valence electrons. The summed E-state index contributed by atoms with van der Waals surface area (Å²) in [5, 5.41) is 22.3. The van der Waals surface area contributed by atoms with E-state index in [9.17, 15) is 14.3 Å². The smallest absolute Gasteiger partial charge is 0.407 e. The lowest BCUT2D eigenvalue weighted by atomic mass is 10.0. The van der Waals surface area contributed by atoms with Gasteiger partial charge in [0, 0.05) is 30.9 Å². The van der Waals surface area contributed by atoms with E-state index >= 15 is 0 Å². The van der Waals surface area contributed by atoms with Gasteiger partial charge in [0.05, 0.1) is 23.6 Å². The van der Waals surface area contributed by atoms with Gasteiger partial charge in [-0.25, -0.2) is 9.18 Å². The molecule has 0 spiro atoms. The number of benzene rings is 1. The summed E-state index contributed by atoms with van der Waals surface area (Å²) in [7, 11) is 1.82. The molecule has 0 atom stereocenters. The van der Waals surface area contributed by atoms with Crippen molar-refractivity contribution in [3.63, 3.8) is 0 Å². The van der Waals surface area contributed by atoms with Crippen molar-refractivity contribution in [3.05, 3.63) is 60.2 Å². The Morgan fingerprint density at radius 3 is 2.56 bits per heavy atom. The van der Waals surface area contributed by atoms with Crippen LogP contribution in [-0.2, 0) is 7.05 Å². The zero-order chi connectivity index (χ0) is 19.0. The third-order valence-corrected chi connectivity index (χ3v) is 4.42. The predicted octanol–water partition coefficient (Wildman–Crippen LogP) is 3.06. The Bertz CT molecular complexity index is 1040. The molecule has 0 aliphatic carbocycles. The van der Waals surface area contributed by atoms with Crippen LogP contribution in [0, 0.1) is 5.82 Å². The van der Waals surface area contributed by atoms with Crippen molar-refractivity contribution in [3.8, 4) is 22.5 Å². The second kappa shape index (κ2) is 6.64. The standard InChI is InChI=1S/C19H16FN5O2/c1-24-8-7-16(23-24)15-10-17(12-2-4-14(20)5-3-12)21-22-18(15)13-6-9-25(11-13)19(26)27/h2-8,10H,9,11H2,1H3,(H,26,27). The monoisotopic (exact) mass is 365 g/mol. The van der Waals surface area contributed by atoms with Crippen LogP contribution < -0.4 is 0 Å². The van der Waals surface area contributed by atoms with Gasteiger partial charge in [-0.05, 0) is 42.0 Å². The topological polar surface area (TPSA) is 84.1 Å². The Morgan fingerprint density at radius 2 is 1.93 bits per heavy atom. The number of halogens is 1. The minimum absolute atomic E-state index is 0.250. The van der Waals surface area contributed by atoms with Gasteiger partial charge in [0.15, 0.2) is 0 Å². The lowest BCUT2D eigenvalue weighted by Gasteiger charge is -2.13. The number of aromatic nitrogens is 4. The van der Waals surface area contributed by atoms with Gasteiger partial charge in [-0.15, -0.1) is 10.2 Å². The highest BCUT2D eigenvalue weighted by atomic mass is 19.1. The highest BCUT2D eigenvalue weighted by Gasteiger charge is 2.24. The third kappa shape index (κ3) is 3.29. The molecule has 0 saturated carbocycles. The summed E-state index contributed by atoms with van der Waals surface area (Å²) in [6.07, 6.45) is 2.68. The molecule has 0 bridgehead atoms. The van der Waals surface area contributed by atoms with Gasteiger partial charge in [0.25, 0.3) is 0 Å². The van der Waals surface area contributed by atoms with Crippen molar-refractivity contribution in [2.24, 2.45) is 7.05 Å². The van der Waals surface area contributed by atoms with Gasteiger partial charge in [-0.1, -0.05) is 6.08 Å². The summed E-state index contributed by atoms with van der Waals surface area (Å²) in [4.78, 5) is 12.5. The lowest BCUT2D eigenvalue weighted by molar-refractivity contribution is 0.158. The molecule has 7 nitrogen and oxygen atoms in total. The molecule has 1 N–H and O–H groups in total. The molecule has 3 aromatic rings. The zero-order valence-corrected chi connectivity index (χ0v) is 14.5. The van der Waals surface area contributed by atoms with Gasteiger partial charge >= 0.3 is 6.09 Å². The van der Waals surface area contributed by atoms with Crippen LogP contribution in [0.3, 0.4) is 0 Å². The van der Waals surface area contributed by atoms with Crippen molar-refractivity contribution in [2.75, 3.05) is 13.1 Å². The summed E-state index contributed by atoms with van der Waals surface area (Å²) in [6.45, 7) is 0.563. The van der Waals surface area contributed by atoms with E-state index in [1.54, 1.807) is 16.8 Å². The van der Waals surface area contributed by atoms with Gasteiger partial charge in [0.1, 0.15) is 5.82 Å². The first kappa shape index (κ1) is 16.9. The molecule has 8 heteroatoms. The quantitative estimate of drug-likeness (QED) is 0.771. The second-order valence-corrected chi connectivity index (χ2v) is 6.27. The largest absolute Gasteiger partial charge is 0.465 e. The molecule has 3 heterocycles. The Balaban J connectivity index is 1.79. The Labute approximate surface area is 154 Å². The van der Waals surface area contributed by atoms with E-state index in [1.807, 2.05) is 31.5 Å². The number of rotatable bonds is 3. The fraction of sp³-hybridized carbons (Fsp3) is 0.158. The van der Waals surface area contributed by atoms with Crippen LogP contribution in [0.25, 0.3) is 28.1 Å². The number of hydrogen-bond donors (Lipinski definition) is 1. The summed E-state index contributed by atoms with van der Waals surface area (Å²) in [5.74, 6) is -0.321.